The highest BCUT2D eigenvalue weighted by Gasteiger charge is 2.23. The van der Waals surface area contributed by atoms with E-state index in [4.69, 9.17) is 9.47 Å². The Bertz CT molecular complexity index is 1030. The van der Waals surface area contributed by atoms with E-state index in [1.54, 1.807) is 45.0 Å². The SMILES string of the molecule is CCOc1ccccc1NC(=O)C(C)OC(=O)c1ccc(S(=O)(=O)NC(C)(C)C)cc1. The topological polar surface area (TPSA) is 111 Å². The summed E-state index contributed by atoms with van der Waals surface area (Å²) in [4.78, 5) is 24.8. The standard InChI is InChI=1S/C22H28N2O6S/c1-6-29-19-10-8-7-9-18(19)23-20(25)15(2)30-21(26)16-11-13-17(14-12-16)31(27,28)24-22(3,4)5/h7-15,24H,6H2,1-5H3,(H,23,25). The van der Waals surface area contributed by atoms with E-state index < -0.39 is 33.5 Å². The molecular weight excluding hydrogens is 420 g/mol. The zero-order chi connectivity index (χ0) is 23.2. The molecule has 0 bridgehead atoms. The minimum Gasteiger partial charge on any atom is -0.492 e. The molecule has 2 aromatic carbocycles. The Labute approximate surface area is 183 Å². The van der Waals surface area contributed by atoms with Crippen LogP contribution in [0, 0.1) is 0 Å². The highest BCUT2D eigenvalue weighted by Crippen LogP contribution is 2.24. The second kappa shape index (κ2) is 9.93. The van der Waals surface area contributed by atoms with Gasteiger partial charge >= 0.3 is 5.97 Å². The van der Waals surface area contributed by atoms with Crippen LogP contribution in [0.25, 0.3) is 0 Å². The molecule has 2 N–H and O–H groups in total. The zero-order valence-corrected chi connectivity index (χ0v) is 19.1. The van der Waals surface area contributed by atoms with Gasteiger partial charge in [0, 0.05) is 5.54 Å². The second-order valence-corrected chi connectivity index (χ2v) is 9.53. The van der Waals surface area contributed by atoms with Crippen LogP contribution in [-0.4, -0.2) is 38.5 Å². The van der Waals surface area contributed by atoms with Crippen LogP contribution >= 0.6 is 0 Å². The molecular formula is C22H28N2O6S. The summed E-state index contributed by atoms with van der Waals surface area (Å²) >= 11 is 0. The van der Waals surface area contributed by atoms with Crippen molar-refractivity contribution in [2.45, 2.75) is 51.2 Å². The lowest BCUT2D eigenvalue weighted by Gasteiger charge is -2.20. The first-order valence-electron chi connectivity index (χ1n) is 9.80. The molecule has 168 valence electrons. The van der Waals surface area contributed by atoms with E-state index in [-0.39, 0.29) is 10.5 Å². The Hall–Kier alpha value is -2.91. The van der Waals surface area contributed by atoms with E-state index in [2.05, 4.69) is 10.0 Å². The number of anilines is 1. The number of para-hydroxylation sites is 2. The van der Waals surface area contributed by atoms with Crippen LogP contribution in [-0.2, 0) is 19.6 Å². The molecule has 0 aliphatic carbocycles. The number of sulfonamides is 1. The van der Waals surface area contributed by atoms with Crippen LogP contribution < -0.4 is 14.8 Å². The molecule has 0 heterocycles. The van der Waals surface area contributed by atoms with Crippen LogP contribution in [0.2, 0.25) is 0 Å². The van der Waals surface area contributed by atoms with E-state index in [0.29, 0.717) is 18.0 Å². The molecule has 9 heteroatoms. The van der Waals surface area contributed by atoms with Crippen LogP contribution in [0.1, 0.15) is 45.0 Å². The summed E-state index contributed by atoms with van der Waals surface area (Å²) in [6, 6.07) is 12.2. The molecule has 1 atom stereocenters. The van der Waals surface area contributed by atoms with Gasteiger partial charge in [-0.15, -0.1) is 0 Å². The Kier molecular flexibility index (Phi) is 7.80. The lowest BCUT2D eigenvalue weighted by molar-refractivity contribution is -0.123. The average Bonchev–Trinajstić information content (AvgIpc) is 2.68. The van der Waals surface area contributed by atoms with Crippen molar-refractivity contribution in [2.24, 2.45) is 0 Å². The molecule has 0 spiro atoms. The summed E-state index contributed by atoms with van der Waals surface area (Å²) in [6.45, 7) is 8.91. The maximum atomic E-state index is 12.4. The first-order valence-corrected chi connectivity index (χ1v) is 11.3. The predicted molar refractivity (Wildman–Crippen MR) is 118 cm³/mol. The van der Waals surface area contributed by atoms with Gasteiger partial charge in [0.1, 0.15) is 5.75 Å². The summed E-state index contributed by atoms with van der Waals surface area (Å²) in [5, 5.41) is 2.67. The quantitative estimate of drug-likeness (QED) is 0.599. The summed E-state index contributed by atoms with van der Waals surface area (Å²) in [5.74, 6) is -0.750. The molecule has 2 rings (SSSR count). The summed E-state index contributed by atoms with van der Waals surface area (Å²) in [5.41, 5.74) is -0.0396. The molecule has 1 amide bonds. The maximum absolute atomic E-state index is 12.4. The number of esters is 1. The third kappa shape index (κ3) is 7.08. The monoisotopic (exact) mass is 448 g/mol. The van der Waals surface area contributed by atoms with Gasteiger partial charge in [0.15, 0.2) is 6.10 Å². The molecule has 0 fully saturated rings. The van der Waals surface area contributed by atoms with E-state index in [1.165, 1.54) is 31.2 Å². The van der Waals surface area contributed by atoms with Crippen molar-refractivity contribution in [1.29, 1.82) is 0 Å². The summed E-state index contributed by atoms with van der Waals surface area (Å²) in [6.07, 6.45) is -1.08. The van der Waals surface area contributed by atoms with Crippen molar-refractivity contribution >= 4 is 27.6 Å². The Morgan fingerprint density at radius 1 is 1.03 bits per heavy atom. The summed E-state index contributed by atoms with van der Waals surface area (Å²) < 4.78 is 37.9. The lowest BCUT2D eigenvalue weighted by atomic mass is 10.1. The van der Waals surface area contributed by atoms with Crippen molar-refractivity contribution in [3.8, 4) is 5.75 Å². The molecule has 1 unspecified atom stereocenters. The Morgan fingerprint density at radius 2 is 1.65 bits per heavy atom. The van der Waals surface area contributed by atoms with Crippen molar-refractivity contribution in [3.05, 3.63) is 54.1 Å². The van der Waals surface area contributed by atoms with Crippen molar-refractivity contribution in [1.82, 2.24) is 4.72 Å². The number of nitrogens with one attached hydrogen (secondary N) is 2. The van der Waals surface area contributed by atoms with E-state index in [1.807, 2.05) is 6.92 Å². The molecule has 0 aliphatic heterocycles. The predicted octanol–water partition coefficient (Wildman–Crippen LogP) is 3.35. The zero-order valence-electron chi connectivity index (χ0n) is 18.3. The highest BCUT2D eigenvalue weighted by molar-refractivity contribution is 7.89. The first-order chi connectivity index (χ1) is 14.4. The molecule has 0 saturated carbocycles. The van der Waals surface area contributed by atoms with Crippen LogP contribution in [0.5, 0.6) is 5.75 Å². The van der Waals surface area contributed by atoms with E-state index >= 15 is 0 Å². The number of hydrogen-bond acceptors (Lipinski definition) is 6. The molecule has 0 saturated heterocycles. The van der Waals surface area contributed by atoms with Gasteiger partial charge < -0.3 is 14.8 Å². The second-order valence-electron chi connectivity index (χ2n) is 7.85. The number of carbonyl (C=O) groups is 2. The number of benzene rings is 2. The third-order valence-electron chi connectivity index (χ3n) is 3.94. The number of amides is 1. The number of carbonyl (C=O) groups excluding carboxylic acids is 2. The van der Waals surface area contributed by atoms with Crippen molar-refractivity contribution < 1.29 is 27.5 Å². The molecule has 0 aromatic heterocycles. The first kappa shape index (κ1) is 24.4. The van der Waals surface area contributed by atoms with Crippen LogP contribution in [0.15, 0.2) is 53.4 Å². The van der Waals surface area contributed by atoms with E-state index in [9.17, 15) is 18.0 Å². The van der Waals surface area contributed by atoms with Gasteiger partial charge in [-0.3, -0.25) is 4.79 Å². The molecule has 0 aliphatic rings. The maximum Gasteiger partial charge on any atom is 0.338 e. The fourth-order valence-electron chi connectivity index (χ4n) is 2.60. The van der Waals surface area contributed by atoms with E-state index in [0.717, 1.165) is 0 Å². The minimum atomic E-state index is -3.72. The fourth-order valence-corrected chi connectivity index (χ4v) is 4.02. The molecule has 0 radical (unpaired) electrons. The largest absolute Gasteiger partial charge is 0.492 e. The van der Waals surface area contributed by atoms with Gasteiger partial charge in [-0.1, -0.05) is 12.1 Å². The summed E-state index contributed by atoms with van der Waals surface area (Å²) in [7, 11) is -3.72. The van der Waals surface area contributed by atoms with Crippen LogP contribution in [0.3, 0.4) is 0 Å². The van der Waals surface area contributed by atoms with Gasteiger partial charge in [0.05, 0.1) is 22.8 Å². The fraction of sp³-hybridized carbons (Fsp3) is 0.364. The van der Waals surface area contributed by atoms with Crippen molar-refractivity contribution in [2.75, 3.05) is 11.9 Å². The Morgan fingerprint density at radius 3 is 2.23 bits per heavy atom. The van der Waals surface area contributed by atoms with Gasteiger partial charge in [0.2, 0.25) is 10.0 Å². The third-order valence-corrected chi connectivity index (χ3v) is 5.71. The smallest absolute Gasteiger partial charge is 0.338 e. The normalized spacial score (nSPS) is 12.7. The lowest BCUT2D eigenvalue weighted by Crippen LogP contribution is -2.40. The number of rotatable bonds is 8. The molecule has 2 aromatic rings. The average molecular weight is 449 g/mol. The van der Waals surface area contributed by atoms with Gasteiger partial charge in [-0.2, -0.15) is 0 Å². The number of ether oxygens (including phenoxy) is 2. The van der Waals surface area contributed by atoms with Crippen molar-refractivity contribution in [3.63, 3.8) is 0 Å². The van der Waals surface area contributed by atoms with Crippen LogP contribution in [0.4, 0.5) is 5.69 Å². The molecule has 31 heavy (non-hydrogen) atoms. The van der Waals surface area contributed by atoms with Gasteiger partial charge in [-0.25, -0.2) is 17.9 Å². The number of hydrogen-bond donors (Lipinski definition) is 2. The van der Waals surface area contributed by atoms with Gasteiger partial charge in [-0.05, 0) is 71.0 Å². The highest BCUT2D eigenvalue weighted by atomic mass is 32.2. The minimum absolute atomic E-state index is 0.0253. The Balaban J connectivity index is 2.04. The molecule has 8 nitrogen and oxygen atoms in total. The van der Waals surface area contributed by atoms with Gasteiger partial charge in [0.25, 0.3) is 5.91 Å².